The molecule has 1 aromatic heterocycles. The van der Waals surface area contributed by atoms with Crippen LogP contribution in [-0.2, 0) is 5.41 Å². The molecule has 0 unspecified atom stereocenters. The van der Waals surface area contributed by atoms with Crippen LogP contribution in [0.4, 0.5) is 0 Å². The fourth-order valence-corrected chi connectivity index (χ4v) is 2.07. The number of aromatic nitrogens is 2. The minimum Gasteiger partial charge on any atom is -0.237 e. The highest BCUT2D eigenvalue weighted by atomic mass is 35.5. The van der Waals surface area contributed by atoms with Crippen molar-refractivity contribution in [2.24, 2.45) is 0 Å². The Hall–Kier alpha value is -1.41. The molecule has 0 amide bonds. The predicted molar refractivity (Wildman–Crippen MR) is 75.1 cm³/mol. The van der Waals surface area contributed by atoms with E-state index >= 15 is 0 Å². The van der Waals surface area contributed by atoms with E-state index < -0.39 is 0 Å². The number of benzene rings is 1. The van der Waals surface area contributed by atoms with Crippen molar-refractivity contribution in [2.45, 2.75) is 33.1 Å². The van der Waals surface area contributed by atoms with Crippen LogP contribution in [0.3, 0.4) is 0 Å². The molecule has 0 N–H and O–H groups in total. The van der Waals surface area contributed by atoms with Crippen LogP contribution in [0.15, 0.2) is 30.3 Å². The third kappa shape index (κ3) is 2.25. The molecule has 0 saturated carbocycles. The third-order valence-corrected chi connectivity index (χ3v) is 3.75. The van der Waals surface area contributed by atoms with Gasteiger partial charge < -0.3 is 0 Å². The summed E-state index contributed by atoms with van der Waals surface area (Å²) in [5.41, 5.74) is 2.83. The second kappa shape index (κ2) is 4.69. The lowest BCUT2D eigenvalue weighted by atomic mass is 9.83. The molecule has 0 aliphatic carbocycles. The van der Waals surface area contributed by atoms with Gasteiger partial charge in [-0.05, 0) is 33.3 Å². The first-order chi connectivity index (χ1) is 8.43. The maximum Gasteiger partial charge on any atom is 0.140 e. The Labute approximate surface area is 113 Å². The molecule has 2 rings (SSSR count). The second-order valence-corrected chi connectivity index (χ2v) is 5.40. The summed E-state index contributed by atoms with van der Waals surface area (Å²) in [4.78, 5) is 9.02. The fourth-order valence-electron chi connectivity index (χ4n) is 1.86. The molecule has 2 aromatic rings. The van der Waals surface area contributed by atoms with Crippen molar-refractivity contribution in [3.05, 3.63) is 58.1 Å². The summed E-state index contributed by atoms with van der Waals surface area (Å²) in [6.07, 6.45) is 0. The summed E-state index contributed by atoms with van der Waals surface area (Å²) < 4.78 is 0. The number of hydrogen-bond donors (Lipinski definition) is 0. The summed E-state index contributed by atoms with van der Waals surface area (Å²) >= 11 is 6.16. The maximum absolute atomic E-state index is 6.16. The zero-order chi connectivity index (χ0) is 13.3. The molecular formula is C15H17ClN2. The first-order valence-corrected chi connectivity index (χ1v) is 6.37. The highest BCUT2D eigenvalue weighted by Gasteiger charge is 2.27. The average Bonchev–Trinajstić information content (AvgIpc) is 2.36. The van der Waals surface area contributed by atoms with Crippen molar-refractivity contribution in [1.82, 2.24) is 9.97 Å². The molecule has 1 aromatic carbocycles. The van der Waals surface area contributed by atoms with Crippen molar-refractivity contribution < 1.29 is 0 Å². The topological polar surface area (TPSA) is 25.8 Å². The molecule has 0 bridgehead atoms. The molecule has 0 aliphatic rings. The Kier molecular flexibility index (Phi) is 3.40. The summed E-state index contributed by atoms with van der Waals surface area (Å²) in [7, 11) is 0. The number of nitrogens with zero attached hydrogens (tertiary/aromatic N) is 2. The maximum atomic E-state index is 6.16. The molecule has 1 heterocycles. The van der Waals surface area contributed by atoms with E-state index in [0.717, 1.165) is 17.1 Å². The number of rotatable bonds is 2. The molecule has 0 saturated heterocycles. The molecule has 0 fully saturated rings. The highest BCUT2D eigenvalue weighted by Crippen LogP contribution is 2.30. The monoisotopic (exact) mass is 260 g/mol. The number of hydrogen-bond acceptors (Lipinski definition) is 2. The average molecular weight is 261 g/mol. The van der Waals surface area contributed by atoms with E-state index in [1.54, 1.807) is 0 Å². The lowest BCUT2D eigenvalue weighted by Crippen LogP contribution is -2.23. The Morgan fingerprint density at radius 3 is 2.17 bits per heavy atom. The van der Waals surface area contributed by atoms with Crippen molar-refractivity contribution in [1.29, 1.82) is 0 Å². The van der Waals surface area contributed by atoms with Gasteiger partial charge in [0.2, 0.25) is 0 Å². The van der Waals surface area contributed by atoms with E-state index in [1.807, 2.05) is 32.0 Å². The van der Waals surface area contributed by atoms with Crippen molar-refractivity contribution in [3.8, 4) is 0 Å². The van der Waals surface area contributed by atoms with Crippen LogP contribution in [0.5, 0.6) is 0 Å². The fraction of sp³-hybridized carbons (Fsp3) is 0.333. The quantitative estimate of drug-likeness (QED) is 0.761. The van der Waals surface area contributed by atoms with Crippen LogP contribution in [0, 0.1) is 13.8 Å². The predicted octanol–water partition coefficient (Wildman–Crippen LogP) is 4.07. The van der Waals surface area contributed by atoms with Gasteiger partial charge in [0.25, 0.3) is 0 Å². The molecular weight excluding hydrogens is 244 g/mol. The van der Waals surface area contributed by atoms with Crippen LogP contribution in [0.2, 0.25) is 5.15 Å². The number of aryl methyl sites for hydroxylation is 1. The van der Waals surface area contributed by atoms with Gasteiger partial charge in [-0.15, -0.1) is 0 Å². The second-order valence-electron chi connectivity index (χ2n) is 5.04. The van der Waals surface area contributed by atoms with E-state index in [-0.39, 0.29) is 5.41 Å². The van der Waals surface area contributed by atoms with Crippen LogP contribution in [0.1, 0.15) is 36.5 Å². The van der Waals surface area contributed by atoms with Gasteiger partial charge in [-0.3, -0.25) is 0 Å². The normalized spacial score (nSPS) is 11.6. The Morgan fingerprint density at radius 2 is 1.61 bits per heavy atom. The van der Waals surface area contributed by atoms with Crippen LogP contribution < -0.4 is 0 Å². The highest BCUT2D eigenvalue weighted by molar-refractivity contribution is 6.30. The molecule has 0 radical (unpaired) electrons. The Bertz CT molecular complexity index is 539. The van der Waals surface area contributed by atoms with Gasteiger partial charge in [-0.25, -0.2) is 9.97 Å². The minimum atomic E-state index is -0.247. The Balaban J connectivity index is 2.54. The van der Waals surface area contributed by atoms with Crippen molar-refractivity contribution in [2.75, 3.05) is 0 Å². The smallest absolute Gasteiger partial charge is 0.140 e. The molecule has 0 spiro atoms. The Morgan fingerprint density at radius 1 is 1.00 bits per heavy atom. The lowest BCUT2D eigenvalue weighted by molar-refractivity contribution is 0.586. The van der Waals surface area contributed by atoms with Gasteiger partial charge >= 0.3 is 0 Å². The van der Waals surface area contributed by atoms with Gasteiger partial charge in [0.05, 0.1) is 0 Å². The molecule has 18 heavy (non-hydrogen) atoms. The van der Waals surface area contributed by atoms with Crippen molar-refractivity contribution >= 4 is 11.6 Å². The SMILES string of the molecule is Cc1nc(C(C)(C)c2ccccc2)nc(Cl)c1C. The van der Waals surface area contributed by atoms with E-state index in [0.29, 0.717) is 5.15 Å². The van der Waals surface area contributed by atoms with Gasteiger partial charge in [-0.1, -0.05) is 41.9 Å². The van der Waals surface area contributed by atoms with Gasteiger partial charge in [0.1, 0.15) is 11.0 Å². The molecule has 0 aliphatic heterocycles. The van der Waals surface area contributed by atoms with Gasteiger partial charge in [-0.2, -0.15) is 0 Å². The zero-order valence-corrected chi connectivity index (χ0v) is 11.9. The number of halogens is 1. The van der Waals surface area contributed by atoms with Crippen LogP contribution in [-0.4, -0.2) is 9.97 Å². The first kappa shape index (κ1) is 13.0. The molecule has 0 atom stereocenters. The molecule has 94 valence electrons. The van der Waals surface area contributed by atoms with Gasteiger partial charge in [0, 0.05) is 16.7 Å². The lowest BCUT2D eigenvalue weighted by Gasteiger charge is -2.24. The summed E-state index contributed by atoms with van der Waals surface area (Å²) in [5, 5.41) is 0.543. The summed E-state index contributed by atoms with van der Waals surface area (Å²) in [5.74, 6) is 0.766. The van der Waals surface area contributed by atoms with E-state index in [1.165, 1.54) is 5.56 Å². The minimum absolute atomic E-state index is 0.247. The van der Waals surface area contributed by atoms with Crippen molar-refractivity contribution in [3.63, 3.8) is 0 Å². The van der Waals surface area contributed by atoms with E-state index in [4.69, 9.17) is 11.6 Å². The van der Waals surface area contributed by atoms with Gasteiger partial charge in [0.15, 0.2) is 0 Å². The standard InChI is InChI=1S/C15H17ClN2/c1-10-11(2)17-14(18-13(10)16)15(3,4)12-8-6-5-7-9-12/h5-9H,1-4H3. The third-order valence-electron chi connectivity index (χ3n) is 3.38. The van der Waals surface area contributed by atoms with Crippen LogP contribution >= 0.6 is 11.6 Å². The molecule has 2 nitrogen and oxygen atoms in total. The summed E-state index contributed by atoms with van der Waals surface area (Å²) in [6, 6.07) is 10.2. The summed E-state index contributed by atoms with van der Waals surface area (Å²) in [6.45, 7) is 8.13. The van der Waals surface area contributed by atoms with Crippen LogP contribution in [0.25, 0.3) is 0 Å². The zero-order valence-electron chi connectivity index (χ0n) is 11.2. The largest absolute Gasteiger partial charge is 0.237 e. The molecule has 3 heteroatoms. The first-order valence-electron chi connectivity index (χ1n) is 5.99. The van der Waals surface area contributed by atoms with E-state index in [9.17, 15) is 0 Å². The van der Waals surface area contributed by atoms with E-state index in [2.05, 4.69) is 35.9 Å².